The molecule has 2 N–H and O–H groups in total. The highest BCUT2D eigenvalue weighted by Gasteiger charge is 2.08. The molecule has 1 heterocycles. The fourth-order valence-electron chi connectivity index (χ4n) is 2.97. The molecule has 6 heteroatoms. The average Bonchev–Trinajstić information content (AvgIpc) is 2.72. The molecule has 6 nitrogen and oxygen atoms in total. The number of aromatic hydroxyl groups is 1. The maximum Gasteiger partial charge on any atom is 0.251 e. The van der Waals surface area contributed by atoms with Crippen molar-refractivity contribution in [2.45, 2.75) is 27.0 Å². The number of pyridine rings is 1. The molecule has 2 aromatic carbocycles. The average molecular weight is 392 g/mol. The van der Waals surface area contributed by atoms with Crippen LogP contribution >= 0.6 is 0 Å². The first-order valence-electron chi connectivity index (χ1n) is 9.39. The predicted octanol–water partition coefficient (Wildman–Crippen LogP) is 3.18. The number of hydrogen-bond donors (Lipinski definition) is 2. The zero-order valence-electron chi connectivity index (χ0n) is 16.5. The van der Waals surface area contributed by atoms with E-state index in [2.05, 4.69) is 11.4 Å². The van der Waals surface area contributed by atoms with Gasteiger partial charge in [0.2, 0.25) is 5.43 Å². The molecule has 0 aliphatic rings. The molecule has 0 bridgehead atoms. The normalized spacial score (nSPS) is 10.6. The molecule has 0 unspecified atom stereocenters. The Morgan fingerprint density at radius 2 is 1.86 bits per heavy atom. The van der Waals surface area contributed by atoms with Crippen molar-refractivity contribution in [3.63, 3.8) is 0 Å². The van der Waals surface area contributed by atoms with Crippen LogP contribution in [0.5, 0.6) is 11.5 Å². The van der Waals surface area contributed by atoms with Crippen LogP contribution in [-0.2, 0) is 13.2 Å². The van der Waals surface area contributed by atoms with E-state index in [-0.39, 0.29) is 11.7 Å². The van der Waals surface area contributed by atoms with Gasteiger partial charge in [0.1, 0.15) is 12.4 Å². The van der Waals surface area contributed by atoms with Gasteiger partial charge in [0.25, 0.3) is 5.91 Å². The predicted molar refractivity (Wildman–Crippen MR) is 111 cm³/mol. The number of carbonyl (C=O) groups excluding carboxylic acids is 1. The van der Waals surface area contributed by atoms with Gasteiger partial charge >= 0.3 is 0 Å². The molecule has 0 spiro atoms. The summed E-state index contributed by atoms with van der Waals surface area (Å²) in [6.07, 6.45) is 1.60. The second kappa shape index (κ2) is 9.10. The lowest BCUT2D eigenvalue weighted by atomic mass is 10.1. The van der Waals surface area contributed by atoms with Gasteiger partial charge in [0, 0.05) is 30.9 Å². The van der Waals surface area contributed by atoms with Crippen LogP contribution in [0.25, 0.3) is 0 Å². The number of amides is 1. The molecular weight excluding hydrogens is 368 g/mol. The molecular formula is C23H24N2O4. The molecule has 0 fully saturated rings. The van der Waals surface area contributed by atoms with Gasteiger partial charge in [-0.3, -0.25) is 9.59 Å². The van der Waals surface area contributed by atoms with Crippen LogP contribution in [0.1, 0.15) is 27.2 Å². The van der Waals surface area contributed by atoms with Crippen molar-refractivity contribution in [3.05, 3.63) is 93.4 Å². The Bertz CT molecular complexity index is 1060. The van der Waals surface area contributed by atoms with Crippen molar-refractivity contribution >= 4 is 5.91 Å². The number of hydrogen-bond acceptors (Lipinski definition) is 4. The first-order valence-corrected chi connectivity index (χ1v) is 9.39. The summed E-state index contributed by atoms with van der Waals surface area (Å²) in [5.74, 6) is 0.237. The van der Waals surface area contributed by atoms with E-state index in [1.54, 1.807) is 42.0 Å². The summed E-state index contributed by atoms with van der Waals surface area (Å²) < 4.78 is 7.49. The van der Waals surface area contributed by atoms with Crippen molar-refractivity contribution < 1.29 is 14.6 Å². The monoisotopic (exact) mass is 392 g/mol. The summed E-state index contributed by atoms with van der Waals surface area (Å²) in [5, 5.41) is 12.5. The number of rotatable bonds is 7. The van der Waals surface area contributed by atoms with E-state index in [0.717, 1.165) is 5.56 Å². The molecule has 0 aliphatic carbocycles. The van der Waals surface area contributed by atoms with Crippen LogP contribution in [0.2, 0.25) is 0 Å². The number of carbonyl (C=O) groups is 1. The van der Waals surface area contributed by atoms with Gasteiger partial charge in [-0.1, -0.05) is 29.8 Å². The van der Waals surface area contributed by atoms with Gasteiger partial charge in [-0.15, -0.1) is 0 Å². The standard InChI is InChI=1S/C23H24N2O4/c1-16-4-3-5-18(14-16)15-29-20-8-6-19(7-9-20)23(28)24-11-13-25-12-10-21(26)22(27)17(25)2/h3-10,12,14,27H,11,13,15H2,1-2H3,(H,24,28). The van der Waals surface area contributed by atoms with Gasteiger partial charge < -0.3 is 19.7 Å². The van der Waals surface area contributed by atoms with Crippen molar-refractivity contribution in [1.29, 1.82) is 0 Å². The van der Waals surface area contributed by atoms with Crippen LogP contribution in [-0.4, -0.2) is 22.1 Å². The first-order chi connectivity index (χ1) is 13.9. The molecule has 0 aliphatic heterocycles. The summed E-state index contributed by atoms with van der Waals surface area (Å²) in [4.78, 5) is 23.7. The van der Waals surface area contributed by atoms with E-state index >= 15 is 0 Å². The minimum absolute atomic E-state index is 0.196. The summed E-state index contributed by atoms with van der Waals surface area (Å²) >= 11 is 0. The highest BCUT2D eigenvalue weighted by Crippen LogP contribution is 2.15. The molecule has 0 radical (unpaired) electrons. The molecule has 0 saturated heterocycles. The number of nitrogens with zero attached hydrogens (tertiary/aromatic N) is 1. The quantitative estimate of drug-likeness (QED) is 0.647. The van der Waals surface area contributed by atoms with E-state index in [9.17, 15) is 14.7 Å². The van der Waals surface area contributed by atoms with Crippen LogP contribution in [0.15, 0.2) is 65.6 Å². The molecule has 1 amide bonds. The maximum absolute atomic E-state index is 12.3. The highest BCUT2D eigenvalue weighted by atomic mass is 16.5. The lowest BCUT2D eigenvalue weighted by Crippen LogP contribution is -2.28. The van der Waals surface area contributed by atoms with Crippen LogP contribution in [0.3, 0.4) is 0 Å². The zero-order chi connectivity index (χ0) is 20.8. The van der Waals surface area contributed by atoms with Gasteiger partial charge in [-0.05, 0) is 43.7 Å². The van der Waals surface area contributed by atoms with Crippen molar-refractivity contribution in [1.82, 2.24) is 9.88 Å². The van der Waals surface area contributed by atoms with Gasteiger partial charge in [-0.2, -0.15) is 0 Å². The number of benzene rings is 2. The Labute approximate surface area is 169 Å². The van der Waals surface area contributed by atoms with Gasteiger partial charge in [-0.25, -0.2) is 0 Å². The lowest BCUT2D eigenvalue weighted by Gasteiger charge is -2.12. The Hall–Kier alpha value is -3.54. The molecule has 1 aromatic heterocycles. The third-order valence-electron chi connectivity index (χ3n) is 4.66. The van der Waals surface area contributed by atoms with E-state index in [1.807, 2.05) is 25.1 Å². The third kappa shape index (κ3) is 5.25. The van der Waals surface area contributed by atoms with Crippen LogP contribution in [0, 0.1) is 13.8 Å². The van der Waals surface area contributed by atoms with Crippen LogP contribution in [0.4, 0.5) is 0 Å². The minimum atomic E-state index is -0.410. The van der Waals surface area contributed by atoms with Crippen molar-refractivity contribution in [2.75, 3.05) is 6.54 Å². The van der Waals surface area contributed by atoms with E-state index < -0.39 is 5.43 Å². The molecule has 150 valence electrons. The fraction of sp³-hybridized carbons (Fsp3) is 0.217. The fourth-order valence-corrected chi connectivity index (χ4v) is 2.97. The summed E-state index contributed by atoms with van der Waals surface area (Å²) in [5.41, 5.74) is 2.88. The van der Waals surface area contributed by atoms with Crippen LogP contribution < -0.4 is 15.5 Å². The molecule has 0 atom stereocenters. The highest BCUT2D eigenvalue weighted by molar-refractivity contribution is 5.94. The number of nitrogens with one attached hydrogen (secondary N) is 1. The summed E-state index contributed by atoms with van der Waals surface area (Å²) in [6, 6.07) is 16.4. The zero-order valence-corrected chi connectivity index (χ0v) is 16.5. The molecule has 3 aromatic rings. The van der Waals surface area contributed by atoms with E-state index in [1.165, 1.54) is 11.6 Å². The number of aromatic nitrogens is 1. The van der Waals surface area contributed by atoms with E-state index in [0.29, 0.717) is 36.7 Å². The Morgan fingerprint density at radius 3 is 2.59 bits per heavy atom. The van der Waals surface area contributed by atoms with Gasteiger partial charge in [0.05, 0.1) is 5.69 Å². The van der Waals surface area contributed by atoms with Gasteiger partial charge in [0.15, 0.2) is 5.75 Å². The smallest absolute Gasteiger partial charge is 0.251 e. The Kier molecular flexibility index (Phi) is 6.34. The molecule has 0 saturated carbocycles. The molecule has 29 heavy (non-hydrogen) atoms. The maximum atomic E-state index is 12.3. The van der Waals surface area contributed by atoms with Crippen molar-refractivity contribution in [3.8, 4) is 11.5 Å². The molecule has 3 rings (SSSR count). The van der Waals surface area contributed by atoms with E-state index in [4.69, 9.17) is 4.74 Å². The third-order valence-corrected chi connectivity index (χ3v) is 4.66. The first kappa shape index (κ1) is 20.2. The second-order valence-electron chi connectivity index (χ2n) is 6.87. The number of aryl methyl sites for hydroxylation is 1. The summed E-state index contributed by atoms with van der Waals surface area (Å²) in [7, 11) is 0. The Morgan fingerprint density at radius 1 is 1.10 bits per heavy atom. The number of ether oxygens (including phenoxy) is 1. The Balaban J connectivity index is 1.51. The SMILES string of the molecule is Cc1cccc(COc2ccc(C(=O)NCCn3ccc(=O)c(O)c3C)cc2)c1. The topological polar surface area (TPSA) is 80.6 Å². The summed E-state index contributed by atoms with van der Waals surface area (Å²) in [6.45, 7) is 4.99. The van der Waals surface area contributed by atoms with Crippen molar-refractivity contribution in [2.24, 2.45) is 0 Å². The minimum Gasteiger partial charge on any atom is -0.503 e. The lowest BCUT2D eigenvalue weighted by molar-refractivity contribution is 0.0952. The second-order valence-corrected chi connectivity index (χ2v) is 6.87. The largest absolute Gasteiger partial charge is 0.503 e.